The van der Waals surface area contributed by atoms with Crippen molar-refractivity contribution in [2.75, 3.05) is 6.67 Å². The Balaban J connectivity index is 2.95. The van der Waals surface area contributed by atoms with Gasteiger partial charge in [0.05, 0.1) is 12.2 Å². The topological polar surface area (TPSA) is 49.8 Å². The normalized spacial score (nSPS) is 12.1. The Bertz CT molecular complexity index is 358. The van der Waals surface area contributed by atoms with Crippen molar-refractivity contribution in [3.63, 3.8) is 0 Å². The third kappa shape index (κ3) is 2.27. The molecule has 1 rings (SSSR count). The van der Waals surface area contributed by atoms with E-state index in [0.717, 1.165) is 0 Å². The van der Waals surface area contributed by atoms with E-state index in [0.29, 0.717) is 5.56 Å². The highest BCUT2D eigenvalue weighted by atomic mass is 19.1. The van der Waals surface area contributed by atoms with Crippen LogP contribution in [0.3, 0.4) is 0 Å². The van der Waals surface area contributed by atoms with Crippen LogP contribution in [-0.2, 0) is 0 Å². The largest absolute Gasteiger partial charge is 0.324 e. The number of hydrogen-bond acceptors (Lipinski definition) is 2. The van der Waals surface area contributed by atoms with Crippen LogP contribution in [-0.4, -0.2) is 6.67 Å². The summed E-state index contributed by atoms with van der Waals surface area (Å²) in [7, 11) is 0. The first-order valence-corrected chi connectivity index (χ1v) is 4.20. The first kappa shape index (κ1) is 10.6. The molecule has 2 nitrogen and oxygen atoms in total. The molecule has 0 spiro atoms. The molecular formula is C10H10F2N2. The zero-order valence-corrected chi connectivity index (χ0v) is 7.50. The van der Waals surface area contributed by atoms with Gasteiger partial charge in [-0.25, -0.2) is 4.39 Å². The molecule has 0 aliphatic carbocycles. The van der Waals surface area contributed by atoms with Gasteiger partial charge in [-0.15, -0.1) is 0 Å². The highest BCUT2D eigenvalue weighted by Crippen LogP contribution is 2.17. The number of nitrogens with zero attached hydrogens (tertiary/aromatic N) is 1. The molecule has 0 saturated heterocycles. The van der Waals surface area contributed by atoms with Crippen LogP contribution in [0.5, 0.6) is 0 Å². The summed E-state index contributed by atoms with van der Waals surface area (Å²) in [6, 6.07) is 5.23. The second-order valence-electron chi connectivity index (χ2n) is 2.94. The molecule has 0 bridgehead atoms. The summed E-state index contributed by atoms with van der Waals surface area (Å²) in [5.74, 6) is -0.580. The quantitative estimate of drug-likeness (QED) is 0.804. The fourth-order valence-electron chi connectivity index (χ4n) is 1.14. The first-order chi connectivity index (χ1) is 6.69. The molecule has 74 valence electrons. The predicted molar refractivity (Wildman–Crippen MR) is 48.6 cm³/mol. The van der Waals surface area contributed by atoms with Gasteiger partial charge in [-0.05, 0) is 24.1 Å². The van der Waals surface area contributed by atoms with Gasteiger partial charge < -0.3 is 5.73 Å². The van der Waals surface area contributed by atoms with Gasteiger partial charge in [0.15, 0.2) is 0 Å². The third-order valence-electron chi connectivity index (χ3n) is 1.96. The lowest BCUT2D eigenvalue weighted by molar-refractivity contribution is 0.441. The molecule has 0 fully saturated rings. The molecule has 0 aromatic heterocycles. The lowest BCUT2D eigenvalue weighted by Gasteiger charge is -2.09. The van der Waals surface area contributed by atoms with Gasteiger partial charge >= 0.3 is 0 Å². The van der Waals surface area contributed by atoms with Gasteiger partial charge in [-0.1, -0.05) is 6.07 Å². The molecule has 14 heavy (non-hydrogen) atoms. The molecule has 2 N–H and O–H groups in total. The Morgan fingerprint density at radius 2 is 2.21 bits per heavy atom. The number of halogens is 2. The number of nitrogens with two attached hydrogens (primary N) is 1. The fraction of sp³-hybridized carbons (Fsp3) is 0.300. The average Bonchev–Trinajstić information content (AvgIpc) is 2.19. The van der Waals surface area contributed by atoms with E-state index < -0.39 is 18.5 Å². The van der Waals surface area contributed by atoms with Crippen LogP contribution in [0.25, 0.3) is 0 Å². The molecule has 0 amide bonds. The molecule has 0 saturated carbocycles. The molecule has 1 aromatic rings. The van der Waals surface area contributed by atoms with Crippen molar-refractivity contribution in [3.05, 3.63) is 35.1 Å². The van der Waals surface area contributed by atoms with E-state index in [9.17, 15) is 8.78 Å². The third-order valence-corrected chi connectivity index (χ3v) is 1.96. The van der Waals surface area contributed by atoms with Gasteiger partial charge in [0.25, 0.3) is 0 Å². The minimum atomic E-state index is -0.580. The summed E-state index contributed by atoms with van der Waals surface area (Å²) in [5, 5.41) is 8.55. The first-order valence-electron chi connectivity index (χ1n) is 4.20. The molecule has 4 heteroatoms. The maximum absolute atomic E-state index is 12.9. The predicted octanol–water partition coefficient (Wildman–Crippen LogP) is 2.06. The van der Waals surface area contributed by atoms with E-state index >= 15 is 0 Å². The highest BCUT2D eigenvalue weighted by molar-refractivity contribution is 5.35. The van der Waals surface area contributed by atoms with Crippen LogP contribution in [0.2, 0.25) is 0 Å². The van der Waals surface area contributed by atoms with Crippen molar-refractivity contribution >= 4 is 0 Å². The molecular weight excluding hydrogens is 186 g/mol. The van der Waals surface area contributed by atoms with Crippen molar-refractivity contribution < 1.29 is 8.78 Å². The zero-order valence-electron chi connectivity index (χ0n) is 7.50. The lowest BCUT2D eigenvalue weighted by Crippen LogP contribution is -2.11. The summed E-state index contributed by atoms with van der Waals surface area (Å²) in [4.78, 5) is 0. The summed E-state index contributed by atoms with van der Waals surface area (Å²) in [6.07, 6.45) is 0.177. The van der Waals surface area contributed by atoms with Crippen LogP contribution >= 0.6 is 0 Å². The SMILES string of the molecule is N#Cc1cc([C@@H](N)CCF)ccc1F. The van der Waals surface area contributed by atoms with Crippen molar-refractivity contribution in [2.24, 2.45) is 5.73 Å². The molecule has 0 unspecified atom stereocenters. The van der Waals surface area contributed by atoms with Gasteiger partial charge in [-0.2, -0.15) is 5.26 Å². The molecule has 1 aromatic carbocycles. The minimum absolute atomic E-state index is 0.0585. The second kappa shape index (κ2) is 4.68. The molecule has 0 heterocycles. The van der Waals surface area contributed by atoms with Crippen LogP contribution in [0.4, 0.5) is 8.78 Å². The van der Waals surface area contributed by atoms with Gasteiger partial charge in [0.2, 0.25) is 0 Å². The van der Waals surface area contributed by atoms with Gasteiger partial charge in [0, 0.05) is 6.04 Å². The summed E-state index contributed by atoms with van der Waals surface area (Å²) in [5.41, 5.74) is 6.13. The number of alkyl halides is 1. The van der Waals surface area contributed by atoms with Crippen LogP contribution in [0, 0.1) is 17.1 Å². The van der Waals surface area contributed by atoms with Crippen molar-refractivity contribution in [2.45, 2.75) is 12.5 Å². The Morgan fingerprint density at radius 3 is 2.79 bits per heavy atom. The molecule has 0 aliphatic heterocycles. The number of nitriles is 1. The van der Waals surface area contributed by atoms with Crippen LogP contribution in [0.1, 0.15) is 23.6 Å². The van der Waals surface area contributed by atoms with E-state index in [1.54, 1.807) is 6.07 Å². The highest BCUT2D eigenvalue weighted by Gasteiger charge is 2.08. The fourth-order valence-corrected chi connectivity index (χ4v) is 1.14. The smallest absolute Gasteiger partial charge is 0.140 e. The van der Waals surface area contributed by atoms with Gasteiger partial charge in [-0.3, -0.25) is 4.39 Å². The van der Waals surface area contributed by atoms with Crippen molar-refractivity contribution in [1.29, 1.82) is 5.26 Å². The second-order valence-corrected chi connectivity index (χ2v) is 2.94. The Kier molecular flexibility index (Phi) is 3.55. The maximum atomic E-state index is 12.9. The Hall–Kier alpha value is -1.47. The molecule has 1 atom stereocenters. The van der Waals surface area contributed by atoms with Gasteiger partial charge in [0.1, 0.15) is 11.9 Å². The Labute approximate surface area is 81.0 Å². The maximum Gasteiger partial charge on any atom is 0.140 e. The molecule has 0 radical (unpaired) electrons. The number of benzene rings is 1. The van der Waals surface area contributed by atoms with Crippen molar-refractivity contribution in [3.8, 4) is 6.07 Å². The van der Waals surface area contributed by atoms with E-state index in [1.807, 2.05) is 0 Å². The van der Waals surface area contributed by atoms with E-state index in [2.05, 4.69) is 0 Å². The molecule has 0 aliphatic rings. The average molecular weight is 196 g/mol. The minimum Gasteiger partial charge on any atom is -0.324 e. The zero-order chi connectivity index (χ0) is 10.6. The van der Waals surface area contributed by atoms with E-state index in [4.69, 9.17) is 11.0 Å². The van der Waals surface area contributed by atoms with Crippen LogP contribution < -0.4 is 5.73 Å². The lowest BCUT2D eigenvalue weighted by atomic mass is 10.0. The summed E-state index contributed by atoms with van der Waals surface area (Å²) >= 11 is 0. The standard InChI is InChI=1S/C10H10F2N2/c11-4-3-10(14)7-1-2-9(12)8(5-7)6-13/h1-2,5,10H,3-4,14H2/t10-/m0/s1. The summed E-state index contributed by atoms with van der Waals surface area (Å²) < 4.78 is 24.9. The summed E-state index contributed by atoms with van der Waals surface area (Å²) in [6.45, 7) is -0.527. The Morgan fingerprint density at radius 1 is 1.50 bits per heavy atom. The van der Waals surface area contributed by atoms with Crippen LogP contribution in [0.15, 0.2) is 18.2 Å². The van der Waals surface area contributed by atoms with E-state index in [-0.39, 0.29) is 12.0 Å². The number of hydrogen-bond donors (Lipinski definition) is 1. The van der Waals surface area contributed by atoms with E-state index in [1.165, 1.54) is 18.2 Å². The number of rotatable bonds is 3. The monoisotopic (exact) mass is 196 g/mol. The van der Waals surface area contributed by atoms with Crippen molar-refractivity contribution in [1.82, 2.24) is 0 Å².